The third-order valence-electron chi connectivity index (χ3n) is 5.11. The molecule has 1 N–H and O–H groups in total. The first-order chi connectivity index (χ1) is 13.2. The minimum Gasteiger partial charge on any atom is -0.372 e. The van der Waals surface area contributed by atoms with Gasteiger partial charge in [-0.25, -0.2) is 0 Å². The molecule has 1 amide bonds. The predicted molar refractivity (Wildman–Crippen MR) is 116 cm³/mol. The van der Waals surface area contributed by atoms with Crippen LogP contribution in [0.4, 0.5) is 5.69 Å². The summed E-state index contributed by atoms with van der Waals surface area (Å²) in [6.45, 7) is 6.89. The summed E-state index contributed by atoms with van der Waals surface area (Å²) < 4.78 is 0. The molecule has 0 aliphatic carbocycles. The number of halogens is 4. The lowest BCUT2D eigenvalue weighted by molar-refractivity contribution is -0.132. The van der Waals surface area contributed by atoms with Gasteiger partial charge in [-0.3, -0.25) is 4.79 Å². The van der Waals surface area contributed by atoms with Crippen molar-refractivity contribution in [2.45, 2.75) is 19.4 Å². The molecule has 150 valence electrons. The minimum atomic E-state index is -1.96. The second-order valence-electron chi connectivity index (χ2n) is 6.60. The van der Waals surface area contributed by atoms with Gasteiger partial charge in [0.15, 0.2) is 5.60 Å². The van der Waals surface area contributed by atoms with Crippen molar-refractivity contribution in [1.29, 1.82) is 0 Å². The van der Waals surface area contributed by atoms with Gasteiger partial charge < -0.3 is 14.9 Å². The molecule has 1 aliphatic rings. The fourth-order valence-corrected chi connectivity index (χ4v) is 4.45. The zero-order valence-electron chi connectivity index (χ0n) is 15.5. The molecule has 0 saturated heterocycles. The van der Waals surface area contributed by atoms with Crippen LogP contribution < -0.4 is 4.90 Å². The molecule has 1 aliphatic heterocycles. The first-order valence-electron chi connectivity index (χ1n) is 8.95. The number of carbonyl (C=O) groups excluding carboxylic acids is 1. The summed E-state index contributed by atoms with van der Waals surface area (Å²) in [5.41, 5.74) is -0.846. The van der Waals surface area contributed by atoms with Crippen molar-refractivity contribution in [2.24, 2.45) is 0 Å². The normalized spacial score (nSPS) is 18.9. The smallest absolute Gasteiger partial charge is 0.268 e. The number of benzene rings is 2. The van der Waals surface area contributed by atoms with E-state index in [-0.39, 0.29) is 10.0 Å². The van der Waals surface area contributed by atoms with Gasteiger partial charge in [0.1, 0.15) is 0 Å². The molecule has 28 heavy (non-hydrogen) atoms. The molecule has 0 fully saturated rings. The topological polar surface area (TPSA) is 43.8 Å². The van der Waals surface area contributed by atoms with E-state index in [2.05, 4.69) is 18.7 Å². The SMILES string of the molecule is CCN(CC)CCN1C(=O)C(O)(c2ccc(Cl)c(Cl)c2)c2c(Cl)cc(Cl)cc21. The standard InChI is InChI=1S/C20H20Cl4N2O2/c1-3-25(4-2)7-8-26-17-11-13(21)10-16(24)18(17)20(28,19(26)27)12-5-6-14(22)15(23)9-12/h5-6,9-11,28H,3-4,7-8H2,1-2H3. The summed E-state index contributed by atoms with van der Waals surface area (Å²) in [5.74, 6) is -0.489. The molecule has 1 atom stereocenters. The molecular formula is C20H20Cl4N2O2. The fourth-order valence-electron chi connectivity index (χ4n) is 3.53. The van der Waals surface area contributed by atoms with Gasteiger partial charge in [-0.1, -0.05) is 66.3 Å². The molecule has 2 aromatic rings. The Morgan fingerprint density at radius 3 is 2.29 bits per heavy atom. The van der Waals surface area contributed by atoms with E-state index < -0.39 is 11.5 Å². The molecule has 8 heteroatoms. The van der Waals surface area contributed by atoms with Crippen LogP contribution in [-0.4, -0.2) is 42.1 Å². The van der Waals surface area contributed by atoms with Gasteiger partial charge >= 0.3 is 0 Å². The van der Waals surface area contributed by atoms with Crippen molar-refractivity contribution in [1.82, 2.24) is 4.90 Å². The van der Waals surface area contributed by atoms with E-state index in [0.717, 1.165) is 13.1 Å². The van der Waals surface area contributed by atoms with Gasteiger partial charge in [-0.2, -0.15) is 0 Å². The van der Waals surface area contributed by atoms with Gasteiger partial charge in [-0.05, 0) is 42.9 Å². The van der Waals surface area contributed by atoms with Gasteiger partial charge in [0.25, 0.3) is 5.91 Å². The average Bonchev–Trinajstić information content (AvgIpc) is 2.87. The van der Waals surface area contributed by atoms with Crippen LogP contribution in [0.1, 0.15) is 25.0 Å². The Morgan fingerprint density at radius 2 is 1.68 bits per heavy atom. The largest absolute Gasteiger partial charge is 0.372 e. The average molecular weight is 462 g/mol. The Balaban J connectivity index is 2.13. The molecule has 0 saturated carbocycles. The summed E-state index contributed by atoms with van der Waals surface area (Å²) in [5, 5.41) is 12.8. The third kappa shape index (κ3) is 3.62. The van der Waals surface area contributed by atoms with Crippen LogP contribution in [0.3, 0.4) is 0 Å². The first kappa shape index (κ1) is 21.7. The second-order valence-corrected chi connectivity index (χ2v) is 8.26. The number of anilines is 1. The van der Waals surface area contributed by atoms with E-state index in [0.29, 0.717) is 39.9 Å². The van der Waals surface area contributed by atoms with E-state index in [9.17, 15) is 9.90 Å². The summed E-state index contributed by atoms with van der Waals surface area (Å²) >= 11 is 24.8. The Kier molecular flexibility index (Phi) is 6.50. The molecule has 0 bridgehead atoms. The van der Waals surface area contributed by atoms with E-state index in [4.69, 9.17) is 46.4 Å². The summed E-state index contributed by atoms with van der Waals surface area (Å²) in [6.07, 6.45) is 0. The van der Waals surface area contributed by atoms with Gasteiger partial charge in [0.05, 0.1) is 20.8 Å². The molecule has 0 spiro atoms. The molecule has 0 radical (unpaired) electrons. The third-order valence-corrected chi connectivity index (χ3v) is 6.37. The number of amides is 1. The molecule has 0 aromatic heterocycles. The lowest BCUT2D eigenvalue weighted by Gasteiger charge is -2.26. The quantitative estimate of drug-likeness (QED) is 0.640. The van der Waals surface area contributed by atoms with Crippen molar-refractivity contribution in [3.05, 3.63) is 61.5 Å². The molecule has 1 unspecified atom stereocenters. The Morgan fingerprint density at radius 1 is 1.00 bits per heavy atom. The van der Waals surface area contributed by atoms with Crippen LogP contribution in [-0.2, 0) is 10.4 Å². The number of hydrogen-bond donors (Lipinski definition) is 1. The maximum absolute atomic E-state index is 13.4. The number of carbonyl (C=O) groups is 1. The van der Waals surface area contributed by atoms with Crippen LogP contribution in [0.15, 0.2) is 30.3 Å². The predicted octanol–water partition coefficient (Wildman–Crippen LogP) is 5.22. The first-order valence-corrected chi connectivity index (χ1v) is 10.5. The summed E-state index contributed by atoms with van der Waals surface area (Å²) in [6, 6.07) is 7.79. The Bertz CT molecular complexity index is 917. The molecule has 1 heterocycles. The number of aliphatic hydroxyl groups is 1. The van der Waals surface area contributed by atoms with Crippen molar-refractivity contribution in [2.75, 3.05) is 31.1 Å². The number of hydrogen-bond acceptors (Lipinski definition) is 3. The highest BCUT2D eigenvalue weighted by Crippen LogP contribution is 2.49. The summed E-state index contributed by atoms with van der Waals surface area (Å²) in [7, 11) is 0. The van der Waals surface area contributed by atoms with Crippen molar-refractivity contribution >= 4 is 58.0 Å². The number of likely N-dealkylation sites (N-methyl/N-ethyl adjacent to an activating group) is 1. The van der Waals surface area contributed by atoms with Crippen LogP contribution in [0.25, 0.3) is 0 Å². The molecule has 3 rings (SSSR count). The van der Waals surface area contributed by atoms with E-state index >= 15 is 0 Å². The summed E-state index contributed by atoms with van der Waals surface area (Å²) in [4.78, 5) is 17.1. The van der Waals surface area contributed by atoms with E-state index in [1.165, 1.54) is 17.0 Å². The molecular weight excluding hydrogens is 442 g/mol. The zero-order chi connectivity index (χ0) is 20.6. The van der Waals surface area contributed by atoms with Gasteiger partial charge in [-0.15, -0.1) is 0 Å². The maximum Gasteiger partial charge on any atom is 0.268 e. The van der Waals surface area contributed by atoms with Crippen LogP contribution in [0.5, 0.6) is 0 Å². The van der Waals surface area contributed by atoms with Crippen LogP contribution >= 0.6 is 46.4 Å². The number of fused-ring (bicyclic) bond motifs is 1. The minimum absolute atomic E-state index is 0.217. The lowest BCUT2D eigenvalue weighted by Crippen LogP contribution is -2.44. The Hall–Kier alpha value is -1.01. The molecule has 2 aromatic carbocycles. The number of rotatable bonds is 6. The highest BCUT2D eigenvalue weighted by Gasteiger charge is 2.52. The van der Waals surface area contributed by atoms with Crippen molar-refractivity contribution in [3.8, 4) is 0 Å². The highest BCUT2D eigenvalue weighted by atomic mass is 35.5. The van der Waals surface area contributed by atoms with Crippen LogP contribution in [0, 0.1) is 0 Å². The van der Waals surface area contributed by atoms with Crippen LogP contribution in [0.2, 0.25) is 20.1 Å². The number of nitrogens with zero attached hydrogens (tertiary/aromatic N) is 2. The monoisotopic (exact) mass is 460 g/mol. The Labute approximate surface area is 184 Å². The van der Waals surface area contributed by atoms with Crippen molar-refractivity contribution in [3.63, 3.8) is 0 Å². The van der Waals surface area contributed by atoms with Gasteiger partial charge in [0.2, 0.25) is 0 Å². The van der Waals surface area contributed by atoms with E-state index in [1.807, 2.05) is 0 Å². The highest BCUT2D eigenvalue weighted by molar-refractivity contribution is 6.42. The lowest BCUT2D eigenvalue weighted by atomic mass is 9.87. The maximum atomic E-state index is 13.4. The molecule has 4 nitrogen and oxygen atoms in total. The van der Waals surface area contributed by atoms with Gasteiger partial charge in [0, 0.05) is 23.7 Å². The van der Waals surface area contributed by atoms with E-state index in [1.54, 1.807) is 18.2 Å². The fraction of sp³-hybridized carbons (Fsp3) is 0.350. The van der Waals surface area contributed by atoms with Crippen molar-refractivity contribution < 1.29 is 9.90 Å². The second kappa shape index (κ2) is 8.39. The zero-order valence-corrected chi connectivity index (χ0v) is 18.5.